The Morgan fingerprint density at radius 3 is 2.61 bits per heavy atom. The lowest BCUT2D eigenvalue weighted by atomic mass is 9.96. The minimum Gasteiger partial charge on any atom is -0.467 e. The Morgan fingerprint density at radius 2 is 1.88 bits per heavy atom. The van der Waals surface area contributed by atoms with Crippen LogP contribution in [0, 0.1) is 27.7 Å². The van der Waals surface area contributed by atoms with Crippen LogP contribution in [0.2, 0.25) is 0 Å². The molecule has 4 heterocycles. The molecule has 33 heavy (non-hydrogen) atoms. The van der Waals surface area contributed by atoms with Gasteiger partial charge in [0.1, 0.15) is 5.76 Å². The molecular weight excluding hydrogens is 428 g/mol. The number of aromatic nitrogens is 2. The molecule has 1 fully saturated rings. The number of thiocarbonyl (C=S) groups is 1. The molecule has 0 unspecified atom stereocenters. The molecule has 1 saturated heterocycles. The van der Waals surface area contributed by atoms with E-state index in [2.05, 4.69) is 77.8 Å². The van der Waals surface area contributed by atoms with Crippen LogP contribution in [0.4, 0.5) is 0 Å². The zero-order chi connectivity index (χ0) is 23.1. The summed E-state index contributed by atoms with van der Waals surface area (Å²) in [6.45, 7) is 9.32. The smallest absolute Gasteiger partial charge is 0.170 e. The number of pyridine rings is 1. The van der Waals surface area contributed by atoms with Crippen molar-refractivity contribution in [2.24, 2.45) is 0 Å². The van der Waals surface area contributed by atoms with Crippen LogP contribution in [0.5, 0.6) is 0 Å². The van der Waals surface area contributed by atoms with Gasteiger partial charge in [0.2, 0.25) is 0 Å². The Bertz CT molecular complexity index is 1290. The van der Waals surface area contributed by atoms with Crippen molar-refractivity contribution in [3.8, 4) is 5.69 Å². The van der Waals surface area contributed by atoms with E-state index in [-0.39, 0.29) is 12.1 Å². The zero-order valence-corrected chi connectivity index (χ0v) is 20.2. The quantitative estimate of drug-likeness (QED) is 0.381. The monoisotopic (exact) mass is 456 g/mol. The normalized spacial score (nSPS) is 18.1. The van der Waals surface area contributed by atoms with E-state index < -0.39 is 0 Å². The third kappa shape index (κ3) is 3.74. The first-order valence-electron chi connectivity index (χ1n) is 11.2. The maximum Gasteiger partial charge on any atom is 0.170 e. The molecule has 6 heteroatoms. The van der Waals surface area contributed by atoms with Crippen LogP contribution < -0.4 is 5.32 Å². The van der Waals surface area contributed by atoms with Gasteiger partial charge in [-0.2, -0.15) is 0 Å². The van der Waals surface area contributed by atoms with Gasteiger partial charge in [0.25, 0.3) is 0 Å². The van der Waals surface area contributed by atoms with E-state index in [1.165, 1.54) is 33.8 Å². The topological polar surface area (TPSA) is 46.2 Å². The van der Waals surface area contributed by atoms with Crippen molar-refractivity contribution in [3.63, 3.8) is 0 Å². The van der Waals surface area contributed by atoms with Gasteiger partial charge in [-0.1, -0.05) is 18.2 Å². The van der Waals surface area contributed by atoms with Gasteiger partial charge in [-0.25, -0.2) is 0 Å². The Morgan fingerprint density at radius 1 is 1.03 bits per heavy atom. The lowest BCUT2D eigenvalue weighted by Crippen LogP contribution is -2.29. The Balaban J connectivity index is 1.65. The van der Waals surface area contributed by atoms with Crippen LogP contribution in [0.3, 0.4) is 0 Å². The number of rotatable bonds is 5. The first-order chi connectivity index (χ1) is 16.0. The van der Waals surface area contributed by atoms with E-state index in [0.29, 0.717) is 11.7 Å². The largest absolute Gasteiger partial charge is 0.467 e. The van der Waals surface area contributed by atoms with Gasteiger partial charge in [0.05, 0.1) is 30.6 Å². The van der Waals surface area contributed by atoms with Gasteiger partial charge in [0.15, 0.2) is 5.11 Å². The van der Waals surface area contributed by atoms with Crippen molar-refractivity contribution in [2.75, 3.05) is 0 Å². The highest BCUT2D eigenvalue weighted by Crippen LogP contribution is 2.42. The van der Waals surface area contributed by atoms with Crippen LogP contribution in [0.25, 0.3) is 5.69 Å². The van der Waals surface area contributed by atoms with Crippen LogP contribution in [0.15, 0.2) is 71.5 Å². The van der Waals surface area contributed by atoms with Gasteiger partial charge < -0.3 is 19.2 Å². The highest BCUT2D eigenvalue weighted by Gasteiger charge is 2.41. The predicted molar refractivity (Wildman–Crippen MR) is 134 cm³/mol. The highest BCUT2D eigenvalue weighted by atomic mass is 32.1. The second-order valence-corrected chi connectivity index (χ2v) is 9.10. The number of hydrogen-bond acceptors (Lipinski definition) is 3. The summed E-state index contributed by atoms with van der Waals surface area (Å²) < 4.78 is 8.04. The molecule has 1 aromatic carbocycles. The summed E-state index contributed by atoms with van der Waals surface area (Å²) >= 11 is 5.82. The number of furan rings is 1. The molecule has 0 bridgehead atoms. The van der Waals surface area contributed by atoms with Crippen molar-refractivity contribution in [1.29, 1.82) is 0 Å². The Hall–Kier alpha value is -3.38. The minimum atomic E-state index is -0.0544. The lowest BCUT2D eigenvalue weighted by Gasteiger charge is -2.27. The van der Waals surface area contributed by atoms with Gasteiger partial charge in [-0.05, 0) is 93.0 Å². The molecule has 168 valence electrons. The first-order valence-corrected chi connectivity index (χ1v) is 11.6. The summed E-state index contributed by atoms with van der Waals surface area (Å²) in [5.74, 6) is 0.883. The fourth-order valence-electron chi connectivity index (χ4n) is 4.92. The number of hydrogen-bond donors (Lipinski definition) is 1. The summed E-state index contributed by atoms with van der Waals surface area (Å²) in [6.07, 6.45) is 3.55. The predicted octanol–water partition coefficient (Wildman–Crippen LogP) is 5.87. The second kappa shape index (κ2) is 8.52. The fourth-order valence-corrected chi connectivity index (χ4v) is 5.23. The standard InChI is InChI=1S/C27H28N4OS/c1-17-9-7-12-24(19(17)3)31-18(2)15-22(20(31)4)26-25(23-11-5-6-13-28-23)29-27(33)30(26)16-21-10-8-14-32-21/h5-15,25-26H,16H2,1-4H3,(H,29,33)/t25-,26+/m0/s1. The van der Waals surface area contributed by atoms with Crippen LogP contribution in [0.1, 0.15) is 51.6 Å². The Kier molecular flexibility index (Phi) is 5.54. The molecule has 1 aliphatic heterocycles. The molecule has 2 atom stereocenters. The molecule has 0 amide bonds. The van der Waals surface area contributed by atoms with Crippen molar-refractivity contribution in [3.05, 3.63) is 107 Å². The van der Waals surface area contributed by atoms with Crippen molar-refractivity contribution in [1.82, 2.24) is 19.8 Å². The molecule has 5 rings (SSSR count). The van der Waals surface area contributed by atoms with Gasteiger partial charge in [-0.15, -0.1) is 0 Å². The number of benzene rings is 1. The SMILES string of the molecule is Cc1cccc(-n2c(C)cc([C@@H]3[C@H](c4ccccn4)NC(=S)N3Cc3ccco3)c2C)c1C. The van der Waals surface area contributed by atoms with Crippen molar-refractivity contribution in [2.45, 2.75) is 46.3 Å². The fraction of sp³-hybridized carbons (Fsp3) is 0.259. The molecule has 5 nitrogen and oxygen atoms in total. The van der Waals surface area contributed by atoms with E-state index in [1.807, 2.05) is 30.5 Å². The third-order valence-electron chi connectivity index (χ3n) is 6.71. The maximum absolute atomic E-state index is 5.82. The summed E-state index contributed by atoms with van der Waals surface area (Å²) in [5, 5.41) is 4.25. The first kappa shape index (κ1) is 21.5. The minimum absolute atomic E-state index is 0.0115. The molecule has 1 aliphatic rings. The average Bonchev–Trinajstić information content (AvgIpc) is 3.51. The molecule has 0 saturated carbocycles. The van der Waals surface area contributed by atoms with E-state index in [1.54, 1.807) is 6.26 Å². The number of nitrogens with zero attached hydrogens (tertiary/aromatic N) is 3. The van der Waals surface area contributed by atoms with Crippen molar-refractivity contribution >= 4 is 17.3 Å². The summed E-state index contributed by atoms with van der Waals surface area (Å²) in [6, 6.07) is 18.7. The average molecular weight is 457 g/mol. The van der Waals surface area contributed by atoms with Crippen LogP contribution in [-0.4, -0.2) is 19.6 Å². The molecule has 1 N–H and O–H groups in total. The van der Waals surface area contributed by atoms with E-state index in [0.717, 1.165) is 11.5 Å². The van der Waals surface area contributed by atoms with Crippen LogP contribution in [-0.2, 0) is 6.54 Å². The summed E-state index contributed by atoms with van der Waals surface area (Å²) in [5.41, 5.74) is 8.42. The maximum atomic E-state index is 5.82. The molecule has 3 aromatic heterocycles. The molecule has 4 aromatic rings. The summed E-state index contributed by atoms with van der Waals surface area (Å²) in [4.78, 5) is 6.89. The van der Waals surface area contributed by atoms with Gasteiger partial charge in [-0.3, -0.25) is 4.98 Å². The lowest BCUT2D eigenvalue weighted by molar-refractivity contribution is 0.286. The van der Waals surface area contributed by atoms with E-state index >= 15 is 0 Å². The third-order valence-corrected chi connectivity index (χ3v) is 7.06. The zero-order valence-electron chi connectivity index (χ0n) is 19.4. The molecular formula is C27H28N4OS. The van der Waals surface area contributed by atoms with Crippen LogP contribution >= 0.6 is 12.2 Å². The second-order valence-electron chi connectivity index (χ2n) is 8.71. The highest BCUT2D eigenvalue weighted by molar-refractivity contribution is 7.80. The number of nitrogens with one attached hydrogen (secondary N) is 1. The molecule has 0 spiro atoms. The van der Waals surface area contributed by atoms with Crippen molar-refractivity contribution < 1.29 is 4.42 Å². The molecule has 0 radical (unpaired) electrons. The number of aryl methyl sites for hydroxylation is 2. The Labute approximate surface area is 200 Å². The van der Waals surface area contributed by atoms with E-state index in [9.17, 15) is 0 Å². The van der Waals surface area contributed by atoms with E-state index in [4.69, 9.17) is 16.6 Å². The van der Waals surface area contributed by atoms with Gasteiger partial charge in [0, 0.05) is 23.3 Å². The van der Waals surface area contributed by atoms with Gasteiger partial charge >= 0.3 is 0 Å². The summed E-state index contributed by atoms with van der Waals surface area (Å²) in [7, 11) is 0. The molecule has 0 aliphatic carbocycles.